The summed E-state index contributed by atoms with van der Waals surface area (Å²) in [4.78, 5) is 7.98. The fourth-order valence-electron chi connectivity index (χ4n) is 0.624. The molecular weight excluding hydrogens is 136 g/mol. The van der Waals surface area contributed by atoms with Gasteiger partial charge in [0.2, 0.25) is 0 Å². The third kappa shape index (κ3) is 2.76. The van der Waals surface area contributed by atoms with E-state index in [0.29, 0.717) is 0 Å². The molecule has 0 saturated carbocycles. The molecule has 0 aromatic carbocycles. The molecule has 1 aromatic rings. The van der Waals surface area contributed by atoms with Crippen LogP contribution in [0.15, 0.2) is 36.8 Å². The highest BCUT2D eigenvalue weighted by atomic mass is 14.7. The molecule has 11 heavy (non-hydrogen) atoms. The van der Waals surface area contributed by atoms with Gasteiger partial charge in [-0.1, -0.05) is 18.2 Å². The highest BCUT2D eigenvalue weighted by Crippen LogP contribution is 1.97. The highest BCUT2D eigenvalue weighted by molar-refractivity contribution is 5.46. The monoisotopic (exact) mass is 146 g/mol. The highest BCUT2D eigenvalue weighted by Gasteiger charge is 1.83. The fourth-order valence-corrected chi connectivity index (χ4v) is 0.624. The van der Waals surface area contributed by atoms with Crippen LogP contribution < -0.4 is 0 Å². The molecule has 0 unspecified atom stereocenters. The lowest BCUT2D eigenvalue weighted by molar-refractivity contribution is 1.18. The molecule has 0 N–H and O–H groups in total. The molecule has 0 amide bonds. The first-order valence-corrected chi connectivity index (χ1v) is 3.38. The molecule has 0 saturated heterocycles. The average Bonchev–Trinajstić information content (AvgIpc) is 2.03. The maximum atomic E-state index is 4.06. The van der Waals surface area contributed by atoms with E-state index < -0.39 is 0 Å². The van der Waals surface area contributed by atoms with Crippen molar-refractivity contribution in [3.05, 3.63) is 42.5 Å². The molecule has 1 aromatic heterocycles. The van der Waals surface area contributed by atoms with Crippen molar-refractivity contribution in [1.82, 2.24) is 9.97 Å². The molecule has 56 valence electrons. The van der Waals surface area contributed by atoms with Crippen LogP contribution in [-0.2, 0) is 0 Å². The van der Waals surface area contributed by atoms with E-state index in [4.69, 9.17) is 0 Å². The van der Waals surface area contributed by atoms with Crippen molar-refractivity contribution in [3.63, 3.8) is 0 Å². The first-order chi connectivity index (χ1) is 5.29. The third-order valence-corrected chi connectivity index (χ3v) is 1.12. The van der Waals surface area contributed by atoms with Crippen molar-refractivity contribution in [3.8, 4) is 0 Å². The van der Waals surface area contributed by atoms with Gasteiger partial charge in [-0.3, -0.25) is 9.97 Å². The molecule has 0 fully saturated rings. The smallest absolute Gasteiger partial charge is 0.0813 e. The van der Waals surface area contributed by atoms with Crippen LogP contribution in [0.5, 0.6) is 0 Å². The van der Waals surface area contributed by atoms with Gasteiger partial charge in [0, 0.05) is 12.4 Å². The molecule has 0 aliphatic heterocycles. The second kappa shape index (κ2) is 3.66. The van der Waals surface area contributed by atoms with E-state index in [9.17, 15) is 0 Å². The fraction of sp³-hybridized carbons (Fsp3) is 0.111. The predicted octanol–water partition coefficient (Wildman–Crippen LogP) is 2.07. The lowest BCUT2D eigenvalue weighted by Crippen LogP contribution is -1.79. The van der Waals surface area contributed by atoms with E-state index in [1.807, 2.05) is 19.1 Å². The van der Waals surface area contributed by atoms with Crippen LogP contribution in [0.3, 0.4) is 0 Å². The van der Waals surface area contributed by atoms with Crippen LogP contribution in [0.25, 0.3) is 6.08 Å². The van der Waals surface area contributed by atoms with E-state index in [0.717, 1.165) is 11.3 Å². The van der Waals surface area contributed by atoms with Gasteiger partial charge >= 0.3 is 0 Å². The summed E-state index contributed by atoms with van der Waals surface area (Å²) in [6.07, 6.45) is 8.81. The Morgan fingerprint density at radius 2 is 2.36 bits per heavy atom. The van der Waals surface area contributed by atoms with Gasteiger partial charge in [0.1, 0.15) is 0 Å². The number of aromatic nitrogens is 2. The molecule has 2 heteroatoms. The summed E-state index contributed by atoms with van der Waals surface area (Å²) >= 11 is 0. The maximum absolute atomic E-state index is 4.06. The van der Waals surface area contributed by atoms with Crippen LogP contribution >= 0.6 is 0 Å². The van der Waals surface area contributed by atoms with Gasteiger partial charge in [-0.25, -0.2) is 0 Å². The third-order valence-electron chi connectivity index (χ3n) is 1.12. The van der Waals surface area contributed by atoms with Crippen molar-refractivity contribution in [2.75, 3.05) is 0 Å². The van der Waals surface area contributed by atoms with Gasteiger partial charge in [-0.15, -0.1) is 0 Å². The summed E-state index contributed by atoms with van der Waals surface area (Å²) < 4.78 is 0. The van der Waals surface area contributed by atoms with Crippen molar-refractivity contribution in [1.29, 1.82) is 0 Å². The Balaban J connectivity index is 2.72. The zero-order valence-corrected chi connectivity index (χ0v) is 6.49. The molecule has 0 aliphatic carbocycles. The van der Waals surface area contributed by atoms with E-state index in [1.165, 1.54) is 0 Å². The quantitative estimate of drug-likeness (QED) is 0.597. The first kappa shape index (κ1) is 7.66. The Morgan fingerprint density at radius 3 is 2.91 bits per heavy atom. The van der Waals surface area contributed by atoms with Crippen LogP contribution in [0.2, 0.25) is 0 Å². The van der Waals surface area contributed by atoms with Crippen LogP contribution in [0.4, 0.5) is 0 Å². The summed E-state index contributed by atoms with van der Waals surface area (Å²) in [7, 11) is 0. The molecule has 0 radical (unpaired) electrons. The largest absolute Gasteiger partial charge is 0.261 e. The summed E-state index contributed by atoms with van der Waals surface area (Å²) in [6.45, 7) is 5.67. The van der Waals surface area contributed by atoms with Gasteiger partial charge < -0.3 is 0 Å². The molecule has 1 heterocycles. The Bertz CT molecular complexity index is 262. The summed E-state index contributed by atoms with van der Waals surface area (Å²) in [5, 5.41) is 0. The van der Waals surface area contributed by atoms with Crippen molar-refractivity contribution < 1.29 is 0 Å². The minimum atomic E-state index is 0.857. The van der Waals surface area contributed by atoms with Crippen molar-refractivity contribution >= 4 is 6.08 Å². The van der Waals surface area contributed by atoms with Crippen LogP contribution in [0, 0.1) is 0 Å². The normalized spacial score (nSPS) is 10.3. The van der Waals surface area contributed by atoms with E-state index in [2.05, 4.69) is 16.5 Å². The zero-order valence-electron chi connectivity index (χ0n) is 6.49. The van der Waals surface area contributed by atoms with Gasteiger partial charge in [0.15, 0.2) is 0 Å². The number of allylic oxidation sites excluding steroid dienone is 2. The Hall–Kier alpha value is -1.44. The Kier molecular flexibility index (Phi) is 2.55. The number of hydrogen-bond acceptors (Lipinski definition) is 2. The summed E-state index contributed by atoms with van der Waals surface area (Å²) in [5.74, 6) is 0. The van der Waals surface area contributed by atoms with E-state index >= 15 is 0 Å². The standard InChI is InChI=1S/C9H10N2/c1-8(2)3-4-9-7-10-5-6-11-9/h3-7H,1H2,2H3. The maximum Gasteiger partial charge on any atom is 0.0813 e. The average molecular weight is 146 g/mol. The van der Waals surface area contributed by atoms with E-state index in [1.54, 1.807) is 18.6 Å². The predicted molar refractivity (Wildman–Crippen MR) is 45.9 cm³/mol. The van der Waals surface area contributed by atoms with Crippen molar-refractivity contribution in [2.45, 2.75) is 6.92 Å². The molecule has 0 aliphatic rings. The van der Waals surface area contributed by atoms with Crippen LogP contribution in [0.1, 0.15) is 12.6 Å². The van der Waals surface area contributed by atoms with E-state index in [-0.39, 0.29) is 0 Å². The SMILES string of the molecule is C=C(C)C=Cc1cnccn1. The van der Waals surface area contributed by atoms with Gasteiger partial charge in [0.05, 0.1) is 11.9 Å². The lowest BCUT2D eigenvalue weighted by Gasteiger charge is -1.88. The Morgan fingerprint density at radius 1 is 1.55 bits per heavy atom. The first-order valence-electron chi connectivity index (χ1n) is 3.38. The van der Waals surface area contributed by atoms with Crippen molar-refractivity contribution in [2.24, 2.45) is 0 Å². The minimum absolute atomic E-state index is 0.857. The number of nitrogens with zero attached hydrogens (tertiary/aromatic N) is 2. The molecule has 0 spiro atoms. The summed E-state index contributed by atoms with van der Waals surface area (Å²) in [6, 6.07) is 0. The topological polar surface area (TPSA) is 25.8 Å². The second-order valence-electron chi connectivity index (χ2n) is 2.31. The minimum Gasteiger partial charge on any atom is -0.261 e. The molecule has 0 atom stereocenters. The summed E-state index contributed by atoms with van der Waals surface area (Å²) in [5.41, 5.74) is 1.87. The van der Waals surface area contributed by atoms with Gasteiger partial charge in [-0.05, 0) is 13.0 Å². The molecule has 0 bridgehead atoms. The Labute approximate surface area is 66.3 Å². The number of hydrogen-bond donors (Lipinski definition) is 0. The zero-order chi connectivity index (χ0) is 8.10. The molecule has 1 rings (SSSR count). The lowest BCUT2D eigenvalue weighted by atomic mass is 10.3. The number of rotatable bonds is 2. The molecule has 2 nitrogen and oxygen atoms in total. The van der Waals surface area contributed by atoms with Crippen LogP contribution in [-0.4, -0.2) is 9.97 Å². The molecular formula is C9H10N2. The van der Waals surface area contributed by atoms with Gasteiger partial charge in [-0.2, -0.15) is 0 Å². The van der Waals surface area contributed by atoms with Gasteiger partial charge in [0.25, 0.3) is 0 Å². The second-order valence-corrected chi connectivity index (χ2v) is 2.31.